The molecule has 0 aliphatic carbocycles. The molecule has 0 radical (unpaired) electrons. The van der Waals surface area contributed by atoms with Crippen molar-refractivity contribution in [3.63, 3.8) is 0 Å². The van der Waals surface area contributed by atoms with E-state index in [1.165, 1.54) is 20.3 Å². The van der Waals surface area contributed by atoms with Crippen molar-refractivity contribution in [3.8, 4) is 5.75 Å². The van der Waals surface area contributed by atoms with Crippen molar-refractivity contribution in [1.82, 2.24) is 4.31 Å². The van der Waals surface area contributed by atoms with Gasteiger partial charge in [-0.3, -0.25) is 4.79 Å². The second kappa shape index (κ2) is 6.85. The molecule has 8 nitrogen and oxygen atoms in total. The number of aliphatic carboxylic acids is 1. The molecule has 2 heterocycles. The maximum Gasteiger partial charge on any atom is 0.348 e. The minimum atomic E-state index is -3.94. The van der Waals surface area contributed by atoms with Gasteiger partial charge in [0.15, 0.2) is 9.96 Å². The standard InChI is InChI=1S/C13H17NO7S2/c1-20-9-6-10(12(17)21-2)22-13(9)23(18,19)14-5-3-4-8(7-14)11(15)16/h6,8H,3-5,7H2,1-2H3,(H,15,16). The third-order valence-electron chi connectivity index (χ3n) is 3.58. The van der Waals surface area contributed by atoms with Crippen LogP contribution in [0.3, 0.4) is 0 Å². The van der Waals surface area contributed by atoms with E-state index in [1.807, 2.05) is 0 Å². The number of methoxy groups -OCH3 is 2. The average Bonchev–Trinajstić information content (AvgIpc) is 2.99. The Morgan fingerprint density at radius 1 is 1.39 bits per heavy atom. The predicted molar refractivity (Wildman–Crippen MR) is 81.3 cm³/mol. The molecule has 1 saturated heterocycles. The molecule has 128 valence electrons. The van der Waals surface area contributed by atoms with E-state index in [0.717, 1.165) is 15.6 Å². The van der Waals surface area contributed by atoms with Gasteiger partial charge in [0, 0.05) is 19.2 Å². The fourth-order valence-corrected chi connectivity index (χ4v) is 5.52. The van der Waals surface area contributed by atoms with Gasteiger partial charge in [0.25, 0.3) is 10.0 Å². The smallest absolute Gasteiger partial charge is 0.348 e. The third-order valence-corrected chi connectivity index (χ3v) is 7.03. The highest BCUT2D eigenvalue weighted by Gasteiger charge is 2.36. The van der Waals surface area contributed by atoms with Gasteiger partial charge in [-0.05, 0) is 12.8 Å². The summed E-state index contributed by atoms with van der Waals surface area (Å²) in [4.78, 5) is 22.8. The van der Waals surface area contributed by atoms with Gasteiger partial charge < -0.3 is 14.6 Å². The van der Waals surface area contributed by atoms with Gasteiger partial charge >= 0.3 is 11.9 Å². The lowest BCUT2D eigenvalue weighted by molar-refractivity contribution is -0.142. The van der Waals surface area contributed by atoms with Gasteiger partial charge in [0.05, 0.1) is 20.1 Å². The molecular formula is C13H17NO7S2. The molecule has 1 unspecified atom stereocenters. The topological polar surface area (TPSA) is 110 Å². The summed E-state index contributed by atoms with van der Waals surface area (Å²) in [5, 5.41) is 9.10. The van der Waals surface area contributed by atoms with Gasteiger partial charge in [-0.15, -0.1) is 11.3 Å². The summed E-state index contributed by atoms with van der Waals surface area (Å²) < 4.78 is 36.2. The first kappa shape index (κ1) is 17.7. The summed E-state index contributed by atoms with van der Waals surface area (Å²) >= 11 is 0.750. The van der Waals surface area contributed by atoms with Gasteiger partial charge in [-0.25, -0.2) is 13.2 Å². The molecule has 1 aromatic heterocycles. The summed E-state index contributed by atoms with van der Waals surface area (Å²) in [5.41, 5.74) is 0. The molecule has 0 aromatic carbocycles. The fraction of sp³-hybridized carbons (Fsp3) is 0.538. The van der Waals surface area contributed by atoms with E-state index in [2.05, 4.69) is 4.74 Å². The summed E-state index contributed by atoms with van der Waals surface area (Å²) in [6.07, 6.45) is 0.907. The summed E-state index contributed by atoms with van der Waals surface area (Å²) in [7, 11) is -1.43. The Morgan fingerprint density at radius 3 is 2.65 bits per heavy atom. The van der Waals surface area contributed by atoms with Gasteiger partial charge in [0.2, 0.25) is 0 Å². The lowest BCUT2D eigenvalue weighted by Gasteiger charge is -2.29. The van der Waals surface area contributed by atoms with Crippen molar-refractivity contribution in [2.75, 3.05) is 27.3 Å². The van der Waals surface area contributed by atoms with E-state index < -0.39 is 27.9 Å². The van der Waals surface area contributed by atoms with E-state index >= 15 is 0 Å². The molecule has 0 amide bonds. The van der Waals surface area contributed by atoms with E-state index in [0.29, 0.717) is 12.8 Å². The molecule has 10 heteroatoms. The molecule has 1 aliphatic heterocycles. The van der Waals surface area contributed by atoms with Crippen LogP contribution in [0.2, 0.25) is 0 Å². The highest BCUT2D eigenvalue weighted by Crippen LogP contribution is 2.37. The molecule has 1 atom stereocenters. The van der Waals surface area contributed by atoms with Crippen LogP contribution in [0.25, 0.3) is 0 Å². The maximum atomic E-state index is 12.8. The summed E-state index contributed by atoms with van der Waals surface area (Å²) in [5.74, 6) is -2.35. The number of nitrogens with zero attached hydrogens (tertiary/aromatic N) is 1. The quantitative estimate of drug-likeness (QED) is 0.778. The van der Waals surface area contributed by atoms with Crippen LogP contribution < -0.4 is 4.74 Å². The van der Waals surface area contributed by atoms with E-state index in [9.17, 15) is 18.0 Å². The summed E-state index contributed by atoms with van der Waals surface area (Å²) in [6.45, 7) is 0.146. The lowest BCUT2D eigenvalue weighted by Crippen LogP contribution is -2.42. The number of carbonyl (C=O) groups is 2. The normalized spacial score (nSPS) is 19.3. The van der Waals surface area contributed by atoms with Crippen molar-refractivity contribution in [1.29, 1.82) is 0 Å². The minimum absolute atomic E-state index is 0.0489. The number of carboxylic acid groups (broad SMARTS) is 1. The first-order chi connectivity index (χ1) is 10.8. The number of thiophene rings is 1. The second-order valence-corrected chi connectivity index (χ2v) is 8.18. The van der Waals surface area contributed by atoms with Crippen molar-refractivity contribution < 1.29 is 32.6 Å². The van der Waals surface area contributed by atoms with Crippen molar-refractivity contribution in [2.45, 2.75) is 17.1 Å². The summed E-state index contributed by atoms with van der Waals surface area (Å²) in [6, 6.07) is 1.31. The number of rotatable bonds is 5. The Morgan fingerprint density at radius 2 is 2.09 bits per heavy atom. The number of esters is 1. The molecule has 1 fully saturated rings. The highest BCUT2D eigenvalue weighted by molar-refractivity contribution is 7.91. The average molecular weight is 363 g/mol. The molecule has 1 aromatic rings. The Hall–Kier alpha value is -1.65. The van der Waals surface area contributed by atoms with Gasteiger partial charge in [-0.2, -0.15) is 4.31 Å². The number of hydrogen-bond acceptors (Lipinski definition) is 7. The molecule has 23 heavy (non-hydrogen) atoms. The zero-order valence-corrected chi connectivity index (χ0v) is 14.3. The van der Waals surface area contributed by atoms with Crippen LogP contribution in [0, 0.1) is 5.92 Å². The first-order valence-corrected chi connectivity index (χ1v) is 9.06. The molecule has 0 bridgehead atoms. The van der Waals surface area contributed by atoms with Crippen molar-refractivity contribution in [3.05, 3.63) is 10.9 Å². The number of sulfonamides is 1. The second-order valence-electron chi connectivity index (χ2n) is 5.00. The Kier molecular flexibility index (Phi) is 5.27. The molecule has 0 spiro atoms. The van der Waals surface area contributed by atoms with Crippen LogP contribution >= 0.6 is 11.3 Å². The molecular weight excluding hydrogens is 346 g/mol. The molecule has 0 saturated carbocycles. The van der Waals surface area contributed by atoms with Crippen LogP contribution in [-0.4, -0.2) is 57.1 Å². The van der Waals surface area contributed by atoms with Gasteiger partial charge in [-0.1, -0.05) is 0 Å². The molecule has 1 N–H and O–H groups in total. The maximum absolute atomic E-state index is 12.8. The number of ether oxygens (including phenoxy) is 2. The number of hydrogen-bond donors (Lipinski definition) is 1. The highest BCUT2D eigenvalue weighted by atomic mass is 32.2. The first-order valence-electron chi connectivity index (χ1n) is 6.80. The molecule has 2 rings (SSSR count). The fourth-order valence-electron chi connectivity index (χ4n) is 2.36. The Bertz CT molecular complexity index is 710. The largest absolute Gasteiger partial charge is 0.494 e. The van der Waals surface area contributed by atoms with Crippen LogP contribution in [0.15, 0.2) is 10.3 Å². The minimum Gasteiger partial charge on any atom is -0.494 e. The van der Waals surface area contributed by atoms with Crippen molar-refractivity contribution >= 4 is 33.3 Å². The third kappa shape index (κ3) is 3.48. The monoisotopic (exact) mass is 363 g/mol. The van der Waals surface area contributed by atoms with Crippen LogP contribution in [-0.2, 0) is 19.6 Å². The van der Waals surface area contributed by atoms with E-state index in [1.54, 1.807) is 0 Å². The van der Waals surface area contributed by atoms with E-state index in [-0.39, 0.29) is 27.9 Å². The SMILES string of the molecule is COC(=O)c1cc(OC)c(S(=O)(=O)N2CCCC(C(=O)O)C2)s1. The lowest BCUT2D eigenvalue weighted by atomic mass is 10.0. The van der Waals surface area contributed by atoms with Crippen LogP contribution in [0.5, 0.6) is 5.75 Å². The van der Waals surface area contributed by atoms with Gasteiger partial charge in [0.1, 0.15) is 4.88 Å². The zero-order chi connectivity index (χ0) is 17.2. The number of carbonyl (C=O) groups excluding carboxylic acids is 1. The Labute approximate surface area is 137 Å². The zero-order valence-electron chi connectivity index (χ0n) is 12.6. The molecule has 1 aliphatic rings. The van der Waals surface area contributed by atoms with E-state index in [4.69, 9.17) is 9.84 Å². The Balaban J connectivity index is 2.37. The number of carboxylic acids is 1. The van der Waals surface area contributed by atoms with Crippen LogP contribution in [0.1, 0.15) is 22.5 Å². The van der Waals surface area contributed by atoms with Crippen molar-refractivity contribution in [2.24, 2.45) is 5.92 Å². The number of piperidine rings is 1. The predicted octanol–water partition coefficient (Wildman–Crippen LogP) is 1.03. The van der Waals surface area contributed by atoms with Crippen LogP contribution in [0.4, 0.5) is 0 Å².